The van der Waals surface area contributed by atoms with Crippen molar-refractivity contribution in [2.45, 2.75) is 64.8 Å². The maximum Gasteiger partial charge on any atom is 0.00958 e. The first kappa shape index (κ1) is 15.0. The summed E-state index contributed by atoms with van der Waals surface area (Å²) in [6, 6.07) is 0.814. The minimum absolute atomic E-state index is 0.814. The van der Waals surface area contributed by atoms with Crippen LogP contribution in [0.4, 0.5) is 0 Å². The molecule has 0 aromatic rings. The van der Waals surface area contributed by atoms with Gasteiger partial charge in [0.05, 0.1) is 0 Å². The van der Waals surface area contributed by atoms with E-state index in [2.05, 4.69) is 31.1 Å². The Kier molecular flexibility index (Phi) is 7.87. The lowest BCUT2D eigenvalue weighted by molar-refractivity contribution is 0.277. The van der Waals surface area contributed by atoms with E-state index in [0.29, 0.717) is 0 Å². The lowest BCUT2D eigenvalue weighted by atomic mass is 9.99. The molecule has 17 heavy (non-hydrogen) atoms. The van der Waals surface area contributed by atoms with Crippen LogP contribution in [-0.4, -0.2) is 37.6 Å². The summed E-state index contributed by atoms with van der Waals surface area (Å²) in [5, 5.41) is 3.73. The molecule has 0 radical (unpaired) electrons. The van der Waals surface area contributed by atoms with Crippen LogP contribution in [0, 0.1) is 5.92 Å². The van der Waals surface area contributed by atoms with Crippen LogP contribution in [0.15, 0.2) is 0 Å². The number of rotatable bonds is 9. The molecule has 2 unspecified atom stereocenters. The Balaban J connectivity index is 2.16. The van der Waals surface area contributed by atoms with Gasteiger partial charge in [-0.3, -0.25) is 0 Å². The molecule has 0 bridgehead atoms. The Morgan fingerprint density at radius 2 is 1.94 bits per heavy atom. The Bertz CT molecular complexity index is 182. The highest BCUT2D eigenvalue weighted by Gasteiger charge is 2.26. The zero-order valence-corrected chi connectivity index (χ0v) is 12.2. The van der Waals surface area contributed by atoms with Gasteiger partial charge in [-0.2, -0.15) is 0 Å². The molecule has 0 aliphatic heterocycles. The standard InChI is InChI=1S/C15H32N2/c1-4-6-12-17(3)13-10-14-8-7-9-15(14)16-11-5-2/h14-16H,4-13H2,1-3H3. The van der Waals surface area contributed by atoms with Crippen LogP contribution < -0.4 is 5.32 Å². The molecule has 1 fully saturated rings. The van der Waals surface area contributed by atoms with Gasteiger partial charge in [0, 0.05) is 6.04 Å². The highest BCUT2D eigenvalue weighted by Crippen LogP contribution is 2.28. The second-order valence-electron chi connectivity index (χ2n) is 5.70. The Labute approximate surface area is 108 Å². The molecule has 0 saturated heterocycles. The zero-order valence-electron chi connectivity index (χ0n) is 12.2. The van der Waals surface area contributed by atoms with E-state index >= 15 is 0 Å². The molecule has 0 aromatic carbocycles. The van der Waals surface area contributed by atoms with Crippen molar-refractivity contribution in [3.8, 4) is 0 Å². The van der Waals surface area contributed by atoms with Crippen molar-refractivity contribution in [1.29, 1.82) is 0 Å². The number of hydrogen-bond donors (Lipinski definition) is 1. The van der Waals surface area contributed by atoms with Gasteiger partial charge in [0.25, 0.3) is 0 Å². The highest BCUT2D eigenvalue weighted by molar-refractivity contribution is 4.83. The van der Waals surface area contributed by atoms with Crippen LogP contribution in [0.2, 0.25) is 0 Å². The topological polar surface area (TPSA) is 15.3 Å². The average Bonchev–Trinajstić information content (AvgIpc) is 2.78. The van der Waals surface area contributed by atoms with Crippen molar-refractivity contribution in [2.24, 2.45) is 5.92 Å². The average molecular weight is 240 g/mol. The molecule has 0 aromatic heterocycles. The summed E-state index contributed by atoms with van der Waals surface area (Å²) in [5.41, 5.74) is 0. The number of nitrogens with one attached hydrogen (secondary N) is 1. The molecule has 0 amide bonds. The summed E-state index contributed by atoms with van der Waals surface area (Å²) in [6.07, 6.45) is 9.60. The highest BCUT2D eigenvalue weighted by atomic mass is 15.1. The SMILES string of the molecule is CCCCN(C)CCC1CCCC1NCCC. The fourth-order valence-corrected chi connectivity index (χ4v) is 2.91. The lowest BCUT2D eigenvalue weighted by Gasteiger charge is -2.24. The fourth-order valence-electron chi connectivity index (χ4n) is 2.91. The molecule has 2 atom stereocenters. The first-order chi connectivity index (χ1) is 8.27. The summed E-state index contributed by atoms with van der Waals surface area (Å²) in [6.45, 7) is 8.29. The van der Waals surface area contributed by atoms with Crippen LogP contribution in [0.3, 0.4) is 0 Å². The molecule has 2 heteroatoms. The monoisotopic (exact) mass is 240 g/mol. The smallest absolute Gasteiger partial charge is 0.00958 e. The molecule has 102 valence electrons. The van der Waals surface area contributed by atoms with Crippen molar-refractivity contribution in [3.05, 3.63) is 0 Å². The summed E-state index contributed by atoms with van der Waals surface area (Å²) < 4.78 is 0. The molecule has 1 aliphatic carbocycles. The lowest BCUT2D eigenvalue weighted by Crippen LogP contribution is -2.34. The Morgan fingerprint density at radius 3 is 2.65 bits per heavy atom. The minimum atomic E-state index is 0.814. The van der Waals surface area contributed by atoms with Gasteiger partial charge < -0.3 is 10.2 Å². The second kappa shape index (κ2) is 8.93. The summed E-state index contributed by atoms with van der Waals surface area (Å²) in [5.74, 6) is 0.936. The van der Waals surface area contributed by atoms with Crippen LogP contribution >= 0.6 is 0 Å². The van der Waals surface area contributed by atoms with Crippen molar-refractivity contribution in [2.75, 3.05) is 26.7 Å². The summed E-state index contributed by atoms with van der Waals surface area (Å²) >= 11 is 0. The van der Waals surface area contributed by atoms with Gasteiger partial charge in [-0.25, -0.2) is 0 Å². The molecule has 0 spiro atoms. The largest absolute Gasteiger partial charge is 0.314 e. The maximum atomic E-state index is 3.73. The first-order valence-electron chi connectivity index (χ1n) is 7.69. The van der Waals surface area contributed by atoms with Gasteiger partial charge in [0.1, 0.15) is 0 Å². The first-order valence-corrected chi connectivity index (χ1v) is 7.69. The normalized spacial score (nSPS) is 24.7. The number of hydrogen-bond acceptors (Lipinski definition) is 2. The third-order valence-electron chi connectivity index (χ3n) is 4.09. The predicted molar refractivity (Wildman–Crippen MR) is 76.4 cm³/mol. The Morgan fingerprint density at radius 1 is 1.12 bits per heavy atom. The molecule has 1 N–H and O–H groups in total. The van der Waals surface area contributed by atoms with Gasteiger partial charge in [0.15, 0.2) is 0 Å². The van der Waals surface area contributed by atoms with Gasteiger partial charge in [-0.15, -0.1) is 0 Å². The predicted octanol–water partition coefficient (Wildman–Crippen LogP) is 3.28. The third-order valence-corrected chi connectivity index (χ3v) is 4.09. The molecular weight excluding hydrogens is 208 g/mol. The van der Waals surface area contributed by atoms with Gasteiger partial charge >= 0.3 is 0 Å². The van der Waals surface area contributed by atoms with Crippen molar-refractivity contribution < 1.29 is 0 Å². The number of nitrogens with zero attached hydrogens (tertiary/aromatic N) is 1. The zero-order chi connectivity index (χ0) is 12.5. The van der Waals surface area contributed by atoms with E-state index < -0.39 is 0 Å². The number of unbranched alkanes of at least 4 members (excludes halogenated alkanes) is 1. The quantitative estimate of drug-likeness (QED) is 0.665. The molecule has 1 saturated carbocycles. The van der Waals surface area contributed by atoms with Crippen LogP contribution in [0.25, 0.3) is 0 Å². The minimum Gasteiger partial charge on any atom is -0.314 e. The van der Waals surface area contributed by atoms with E-state index in [1.54, 1.807) is 0 Å². The van der Waals surface area contributed by atoms with Crippen LogP contribution in [-0.2, 0) is 0 Å². The summed E-state index contributed by atoms with van der Waals surface area (Å²) in [4.78, 5) is 2.51. The van der Waals surface area contributed by atoms with E-state index in [0.717, 1.165) is 12.0 Å². The van der Waals surface area contributed by atoms with Gasteiger partial charge in [-0.1, -0.05) is 26.7 Å². The molecule has 1 rings (SSSR count). The molecular formula is C15H32N2. The molecule has 1 aliphatic rings. The Hall–Kier alpha value is -0.0800. The van der Waals surface area contributed by atoms with Crippen LogP contribution in [0.1, 0.15) is 58.8 Å². The molecule has 2 nitrogen and oxygen atoms in total. The van der Waals surface area contributed by atoms with E-state index in [1.165, 1.54) is 64.6 Å². The van der Waals surface area contributed by atoms with Crippen molar-refractivity contribution >= 4 is 0 Å². The van der Waals surface area contributed by atoms with E-state index in [9.17, 15) is 0 Å². The van der Waals surface area contributed by atoms with E-state index in [1.807, 2.05) is 0 Å². The van der Waals surface area contributed by atoms with E-state index in [4.69, 9.17) is 0 Å². The van der Waals surface area contributed by atoms with Gasteiger partial charge in [-0.05, 0) is 64.7 Å². The summed E-state index contributed by atoms with van der Waals surface area (Å²) in [7, 11) is 2.28. The fraction of sp³-hybridized carbons (Fsp3) is 1.00. The van der Waals surface area contributed by atoms with Crippen molar-refractivity contribution in [1.82, 2.24) is 10.2 Å². The van der Waals surface area contributed by atoms with Crippen LogP contribution in [0.5, 0.6) is 0 Å². The van der Waals surface area contributed by atoms with Gasteiger partial charge in [0.2, 0.25) is 0 Å². The third kappa shape index (κ3) is 5.87. The molecule has 0 heterocycles. The van der Waals surface area contributed by atoms with E-state index in [-0.39, 0.29) is 0 Å². The maximum absolute atomic E-state index is 3.73. The van der Waals surface area contributed by atoms with Crippen molar-refractivity contribution in [3.63, 3.8) is 0 Å². The second-order valence-corrected chi connectivity index (χ2v) is 5.70.